The van der Waals surface area contributed by atoms with Crippen molar-refractivity contribution >= 4 is 22.9 Å². The molecule has 0 aliphatic rings. The number of nitrogens with two attached hydrogens (primary N) is 1. The lowest BCUT2D eigenvalue weighted by Crippen LogP contribution is -2.12. The Hall–Kier alpha value is -0.900. The molecule has 0 radical (unpaired) electrons. The Balaban J connectivity index is 2.46. The quantitative estimate of drug-likeness (QED) is 0.866. The van der Waals surface area contributed by atoms with E-state index in [0.29, 0.717) is 5.56 Å². The molecule has 1 nitrogen and oxygen atoms in total. The summed E-state index contributed by atoms with van der Waals surface area (Å²) in [6.07, 6.45) is 0. The van der Waals surface area contributed by atoms with Crippen LogP contribution in [0.2, 0.25) is 5.02 Å². The van der Waals surface area contributed by atoms with Gasteiger partial charge in [0.15, 0.2) is 0 Å². The maximum absolute atomic E-state index is 13.3. The predicted molar refractivity (Wildman–Crippen MR) is 66.5 cm³/mol. The van der Waals surface area contributed by atoms with Crippen molar-refractivity contribution in [1.29, 1.82) is 0 Å². The minimum atomic E-state index is -0.427. The van der Waals surface area contributed by atoms with Crippen molar-refractivity contribution in [3.63, 3.8) is 0 Å². The zero-order chi connectivity index (χ0) is 11.7. The fourth-order valence-corrected chi connectivity index (χ4v) is 2.79. The summed E-state index contributed by atoms with van der Waals surface area (Å²) in [5.41, 5.74) is 7.83. The van der Waals surface area contributed by atoms with Gasteiger partial charge in [0, 0.05) is 4.88 Å². The van der Waals surface area contributed by atoms with Crippen LogP contribution in [-0.2, 0) is 0 Å². The first kappa shape index (κ1) is 11.6. The van der Waals surface area contributed by atoms with E-state index < -0.39 is 5.82 Å². The minimum absolute atomic E-state index is 0.114. The molecule has 0 saturated carbocycles. The fraction of sp³-hybridized carbons (Fsp3) is 0.167. The van der Waals surface area contributed by atoms with Crippen molar-refractivity contribution in [1.82, 2.24) is 0 Å². The van der Waals surface area contributed by atoms with Crippen LogP contribution in [0.1, 0.15) is 22.0 Å². The van der Waals surface area contributed by atoms with Gasteiger partial charge in [0.1, 0.15) is 5.82 Å². The summed E-state index contributed by atoms with van der Waals surface area (Å²) < 4.78 is 13.3. The summed E-state index contributed by atoms with van der Waals surface area (Å²) in [7, 11) is 0. The lowest BCUT2D eigenvalue weighted by molar-refractivity contribution is 0.624. The number of halogens is 2. The van der Waals surface area contributed by atoms with Crippen molar-refractivity contribution in [3.8, 4) is 0 Å². The summed E-state index contributed by atoms with van der Waals surface area (Å²) in [6, 6.07) is 6.35. The first-order chi connectivity index (χ1) is 7.61. The van der Waals surface area contributed by atoms with Crippen molar-refractivity contribution in [2.24, 2.45) is 5.73 Å². The third-order valence-corrected chi connectivity index (χ3v) is 4.00. The molecule has 1 aromatic carbocycles. The first-order valence-corrected chi connectivity index (χ1v) is 6.10. The second kappa shape index (κ2) is 4.53. The maximum Gasteiger partial charge on any atom is 0.142 e. The molecule has 0 aliphatic carbocycles. The number of aryl methyl sites for hydroxylation is 1. The first-order valence-electron chi connectivity index (χ1n) is 4.84. The molecule has 16 heavy (non-hydrogen) atoms. The predicted octanol–water partition coefficient (Wildman–Crippen LogP) is 3.90. The van der Waals surface area contributed by atoms with Crippen molar-refractivity contribution in [3.05, 3.63) is 56.5 Å². The number of benzene rings is 1. The monoisotopic (exact) mass is 255 g/mol. The highest BCUT2D eigenvalue weighted by Gasteiger charge is 2.17. The van der Waals surface area contributed by atoms with Crippen molar-refractivity contribution in [2.75, 3.05) is 0 Å². The van der Waals surface area contributed by atoms with Crippen molar-refractivity contribution < 1.29 is 4.39 Å². The van der Waals surface area contributed by atoms with Crippen LogP contribution < -0.4 is 5.73 Å². The van der Waals surface area contributed by atoms with E-state index >= 15 is 0 Å². The standard InChI is InChI=1S/C12H11ClFNS/c1-7-5-6-16-12(7)11(15)8-3-2-4-9(14)10(8)13/h2-6,11H,15H2,1H3. The molecule has 4 heteroatoms. The second-order valence-electron chi connectivity index (χ2n) is 3.59. The topological polar surface area (TPSA) is 26.0 Å². The Kier molecular flexibility index (Phi) is 3.28. The Morgan fingerprint density at radius 2 is 2.12 bits per heavy atom. The Bertz CT molecular complexity index is 509. The average molecular weight is 256 g/mol. The highest BCUT2D eigenvalue weighted by molar-refractivity contribution is 7.10. The van der Waals surface area contributed by atoms with E-state index in [1.165, 1.54) is 6.07 Å². The Morgan fingerprint density at radius 1 is 1.38 bits per heavy atom. The highest BCUT2D eigenvalue weighted by atomic mass is 35.5. The van der Waals surface area contributed by atoms with Gasteiger partial charge in [-0.3, -0.25) is 0 Å². The highest BCUT2D eigenvalue weighted by Crippen LogP contribution is 2.32. The molecule has 2 N–H and O–H groups in total. The molecule has 0 saturated heterocycles. The number of hydrogen-bond donors (Lipinski definition) is 1. The molecule has 84 valence electrons. The largest absolute Gasteiger partial charge is 0.320 e. The van der Waals surface area contributed by atoms with Gasteiger partial charge in [0.25, 0.3) is 0 Å². The summed E-state index contributed by atoms with van der Waals surface area (Å²) in [6.45, 7) is 1.99. The summed E-state index contributed by atoms with van der Waals surface area (Å²) in [5.74, 6) is -0.427. The molecule has 0 fully saturated rings. The summed E-state index contributed by atoms with van der Waals surface area (Å²) in [4.78, 5) is 1.02. The van der Waals surface area contributed by atoms with Crippen LogP contribution in [0.15, 0.2) is 29.6 Å². The SMILES string of the molecule is Cc1ccsc1C(N)c1cccc(F)c1Cl. The average Bonchev–Trinajstić information content (AvgIpc) is 2.68. The van der Waals surface area contributed by atoms with E-state index in [9.17, 15) is 4.39 Å². The van der Waals surface area contributed by atoms with Crippen LogP contribution >= 0.6 is 22.9 Å². The van der Waals surface area contributed by atoms with Gasteiger partial charge >= 0.3 is 0 Å². The molecule has 0 aliphatic heterocycles. The zero-order valence-corrected chi connectivity index (χ0v) is 10.3. The molecule has 0 amide bonds. The lowest BCUT2D eigenvalue weighted by Gasteiger charge is -2.13. The molecular weight excluding hydrogens is 245 g/mol. The van der Waals surface area contributed by atoms with E-state index in [0.717, 1.165) is 10.4 Å². The molecule has 2 aromatic rings. The Labute approximate surface area is 103 Å². The number of hydrogen-bond acceptors (Lipinski definition) is 2. The van der Waals surface area contributed by atoms with Gasteiger partial charge in [-0.2, -0.15) is 0 Å². The third-order valence-electron chi connectivity index (χ3n) is 2.50. The lowest BCUT2D eigenvalue weighted by atomic mass is 10.0. The van der Waals surface area contributed by atoms with E-state index in [1.807, 2.05) is 18.4 Å². The summed E-state index contributed by atoms with van der Waals surface area (Å²) in [5, 5.41) is 2.08. The van der Waals surface area contributed by atoms with E-state index in [-0.39, 0.29) is 11.1 Å². The van der Waals surface area contributed by atoms with Gasteiger partial charge in [-0.25, -0.2) is 4.39 Å². The van der Waals surface area contributed by atoms with Crippen LogP contribution in [0.4, 0.5) is 4.39 Å². The van der Waals surface area contributed by atoms with E-state index in [1.54, 1.807) is 23.5 Å². The van der Waals surface area contributed by atoms with Crippen LogP contribution in [0.5, 0.6) is 0 Å². The van der Waals surface area contributed by atoms with Crippen LogP contribution in [0.3, 0.4) is 0 Å². The fourth-order valence-electron chi connectivity index (χ4n) is 1.60. The molecule has 1 heterocycles. The van der Waals surface area contributed by atoms with Crippen LogP contribution in [-0.4, -0.2) is 0 Å². The second-order valence-corrected chi connectivity index (χ2v) is 4.91. The molecule has 1 atom stereocenters. The number of thiophene rings is 1. The molecule has 0 bridgehead atoms. The molecule has 1 unspecified atom stereocenters. The zero-order valence-electron chi connectivity index (χ0n) is 8.71. The van der Waals surface area contributed by atoms with Crippen LogP contribution in [0.25, 0.3) is 0 Å². The third kappa shape index (κ3) is 1.98. The smallest absolute Gasteiger partial charge is 0.142 e. The van der Waals surface area contributed by atoms with Crippen molar-refractivity contribution in [2.45, 2.75) is 13.0 Å². The molecule has 0 spiro atoms. The molecule has 1 aromatic heterocycles. The van der Waals surface area contributed by atoms with Gasteiger partial charge in [-0.05, 0) is 35.6 Å². The van der Waals surface area contributed by atoms with Gasteiger partial charge in [0.05, 0.1) is 11.1 Å². The molecule has 2 rings (SSSR count). The number of rotatable bonds is 2. The normalized spacial score (nSPS) is 12.8. The van der Waals surface area contributed by atoms with Gasteiger partial charge in [0.2, 0.25) is 0 Å². The van der Waals surface area contributed by atoms with Gasteiger partial charge < -0.3 is 5.73 Å². The van der Waals surface area contributed by atoms with Gasteiger partial charge in [-0.15, -0.1) is 11.3 Å². The van der Waals surface area contributed by atoms with E-state index in [4.69, 9.17) is 17.3 Å². The Morgan fingerprint density at radius 3 is 2.75 bits per heavy atom. The minimum Gasteiger partial charge on any atom is -0.320 e. The summed E-state index contributed by atoms with van der Waals surface area (Å²) >= 11 is 7.47. The van der Waals surface area contributed by atoms with Crippen LogP contribution in [0, 0.1) is 12.7 Å². The molecular formula is C12H11ClFNS. The maximum atomic E-state index is 13.3. The van der Waals surface area contributed by atoms with Gasteiger partial charge in [-0.1, -0.05) is 23.7 Å². The van der Waals surface area contributed by atoms with E-state index in [2.05, 4.69) is 0 Å².